The van der Waals surface area contributed by atoms with Gasteiger partial charge in [-0.3, -0.25) is 4.79 Å². The molecule has 4 aromatic carbocycles. The van der Waals surface area contributed by atoms with Crippen LogP contribution in [0.15, 0.2) is 90.0 Å². The van der Waals surface area contributed by atoms with Gasteiger partial charge in [0.1, 0.15) is 12.4 Å². The van der Waals surface area contributed by atoms with Gasteiger partial charge in [0.25, 0.3) is 5.91 Å². The van der Waals surface area contributed by atoms with Crippen LogP contribution in [-0.4, -0.2) is 55.2 Å². The number of phenols is 1. The smallest absolute Gasteiger partial charge is 0.271 e. The average Bonchev–Trinajstić information content (AvgIpc) is 3.01. The molecule has 8 nitrogen and oxygen atoms in total. The van der Waals surface area contributed by atoms with E-state index in [2.05, 4.69) is 15.8 Å². The second kappa shape index (κ2) is 15.2. The number of amides is 1. The molecule has 218 valence electrons. The lowest BCUT2D eigenvalue weighted by atomic mass is 10.0. The molecule has 0 aliphatic heterocycles. The van der Waals surface area contributed by atoms with E-state index in [0.717, 1.165) is 16.7 Å². The molecule has 1 atom stereocenters. The third-order valence-corrected chi connectivity index (χ3v) is 6.92. The van der Waals surface area contributed by atoms with Crippen LogP contribution < -0.4 is 20.2 Å². The monoisotopic (exact) mass is 607 g/mol. The van der Waals surface area contributed by atoms with E-state index in [-0.39, 0.29) is 29.0 Å². The topological polar surface area (TPSA) is 112 Å². The number of methoxy groups -OCH3 is 1. The average molecular weight is 609 g/mol. The first kappa shape index (κ1) is 30.9. The number of benzene rings is 4. The van der Waals surface area contributed by atoms with Gasteiger partial charge in [0, 0.05) is 28.7 Å². The molecule has 0 fully saturated rings. The molecule has 4 aromatic rings. The van der Waals surface area contributed by atoms with Crippen LogP contribution in [0.1, 0.15) is 21.5 Å². The Balaban J connectivity index is 1.46. The summed E-state index contributed by atoms with van der Waals surface area (Å²) in [6.07, 6.45) is 2.15. The molecular weight excluding hydrogens is 577 g/mol. The van der Waals surface area contributed by atoms with E-state index in [0.29, 0.717) is 41.7 Å². The Morgan fingerprint density at radius 2 is 1.79 bits per heavy atom. The molecule has 0 spiro atoms. The van der Waals surface area contributed by atoms with Crippen LogP contribution in [0.25, 0.3) is 11.1 Å². The minimum Gasteiger partial charge on any atom is -0.506 e. The van der Waals surface area contributed by atoms with E-state index in [1.165, 1.54) is 24.4 Å². The highest BCUT2D eigenvalue weighted by atomic mass is 35.5. The van der Waals surface area contributed by atoms with Crippen LogP contribution >= 0.6 is 23.2 Å². The Bertz CT molecular complexity index is 1520. The van der Waals surface area contributed by atoms with Crippen molar-refractivity contribution in [3.63, 3.8) is 0 Å². The van der Waals surface area contributed by atoms with Gasteiger partial charge in [0.05, 0.1) is 25.0 Å². The number of nitrogens with one attached hydrogen (secondary N) is 2. The van der Waals surface area contributed by atoms with Gasteiger partial charge in [-0.05, 0) is 65.6 Å². The molecule has 0 saturated heterocycles. The number of carbonyl (C=O) groups is 1. The van der Waals surface area contributed by atoms with Crippen molar-refractivity contribution in [2.45, 2.75) is 12.5 Å². The molecule has 0 bridgehead atoms. The highest BCUT2D eigenvalue weighted by Gasteiger charge is 2.16. The molecule has 0 aliphatic rings. The Kier molecular flexibility index (Phi) is 11.2. The van der Waals surface area contributed by atoms with E-state index >= 15 is 0 Å². The fourth-order valence-corrected chi connectivity index (χ4v) is 4.54. The van der Waals surface area contributed by atoms with E-state index in [4.69, 9.17) is 32.7 Å². The standard InChI is InChI=1S/C32H31Cl2N3O5/c1-41-30-17-22(19-36-37-32(40)24-9-12-29(39)28(34)18-24)16-27(23-5-3-2-4-6-23)31(30)42-14-13-35-26(20-38)15-21-7-10-25(33)11-8-21/h2-12,16-19,26,35,38-39H,13-15,20H2,1H3,(H,37,40)/b36-19+. The summed E-state index contributed by atoms with van der Waals surface area (Å²) >= 11 is 11.9. The number of halogens is 2. The Labute approximate surface area is 254 Å². The van der Waals surface area contributed by atoms with Crippen molar-refractivity contribution in [1.29, 1.82) is 0 Å². The van der Waals surface area contributed by atoms with Gasteiger partial charge in [0.15, 0.2) is 11.5 Å². The molecule has 10 heteroatoms. The van der Waals surface area contributed by atoms with E-state index in [1.54, 1.807) is 13.2 Å². The van der Waals surface area contributed by atoms with Crippen molar-refractivity contribution in [1.82, 2.24) is 10.7 Å². The minimum atomic E-state index is -0.479. The number of carbonyl (C=O) groups excluding carboxylic acids is 1. The quantitative estimate of drug-likeness (QED) is 0.0879. The van der Waals surface area contributed by atoms with Crippen LogP contribution in [-0.2, 0) is 6.42 Å². The number of aromatic hydroxyl groups is 1. The molecule has 1 amide bonds. The Morgan fingerprint density at radius 1 is 1.02 bits per heavy atom. The molecule has 4 rings (SSSR count). The SMILES string of the molecule is COc1cc(/C=N/NC(=O)c2ccc(O)c(Cl)c2)cc(-c2ccccc2)c1OCCNC(CO)Cc1ccc(Cl)cc1. The fraction of sp³-hybridized carbons (Fsp3) is 0.188. The van der Waals surface area contributed by atoms with Gasteiger partial charge in [-0.25, -0.2) is 5.43 Å². The summed E-state index contributed by atoms with van der Waals surface area (Å²) < 4.78 is 11.9. The van der Waals surface area contributed by atoms with Crippen molar-refractivity contribution in [2.75, 3.05) is 26.9 Å². The van der Waals surface area contributed by atoms with Crippen molar-refractivity contribution in [3.8, 4) is 28.4 Å². The Hall–Kier alpha value is -4.08. The summed E-state index contributed by atoms with van der Waals surface area (Å²) in [5.41, 5.74) is 6.16. The maximum absolute atomic E-state index is 12.5. The lowest BCUT2D eigenvalue weighted by molar-refractivity contribution is 0.0955. The van der Waals surface area contributed by atoms with Crippen molar-refractivity contribution in [3.05, 3.63) is 112 Å². The van der Waals surface area contributed by atoms with Crippen molar-refractivity contribution in [2.24, 2.45) is 5.10 Å². The van der Waals surface area contributed by atoms with Gasteiger partial charge >= 0.3 is 0 Å². The number of phenolic OH excluding ortho intramolecular Hbond substituents is 1. The molecule has 0 aromatic heterocycles. The van der Waals surface area contributed by atoms with Gasteiger partial charge in [0.2, 0.25) is 0 Å². The normalized spacial score (nSPS) is 11.8. The van der Waals surface area contributed by atoms with Crippen LogP contribution in [0.3, 0.4) is 0 Å². The minimum absolute atomic E-state index is 0.0223. The highest BCUT2D eigenvalue weighted by molar-refractivity contribution is 6.32. The predicted molar refractivity (Wildman–Crippen MR) is 166 cm³/mol. The van der Waals surface area contributed by atoms with Crippen molar-refractivity contribution >= 4 is 35.3 Å². The van der Waals surface area contributed by atoms with Gasteiger partial charge in [-0.15, -0.1) is 0 Å². The molecule has 4 N–H and O–H groups in total. The number of aliphatic hydroxyl groups is 1. The predicted octanol–water partition coefficient (Wildman–Crippen LogP) is 5.71. The third-order valence-electron chi connectivity index (χ3n) is 6.37. The van der Waals surface area contributed by atoms with Crippen LogP contribution in [0.4, 0.5) is 0 Å². The van der Waals surface area contributed by atoms with Gasteiger partial charge in [-0.1, -0.05) is 65.7 Å². The lowest BCUT2D eigenvalue weighted by Crippen LogP contribution is -2.37. The zero-order valence-electron chi connectivity index (χ0n) is 22.9. The van der Waals surface area contributed by atoms with Crippen LogP contribution in [0, 0.1) is 0 Å². The summed E-state index contributed by atoms with van der Waals surface area (Å²) in [6.45, 7) is 0.796. The van der Waals surface area contributed by atoms with E-state index < -0.39 is 5.91 Å². The summed E-state index contributed by atoms with van der Waals surface area (Å²) in [5, 5.41) is 27.6. The molecular formula is C32H31Cl2N3O5. The molecule has 42 heavy (non-hydrogen) atoms. The zero-order chi connectivity index (χ0) is 29.9. The largest absolute Gasteiger partial charge is 0.506 e. The molecule has 0 radical (unpaired) electrons. The zero-order valence-corrected chi connectivity index (χ0v) is 24.4. The first-order chi connectivity index (χ1) is 20.4. The highest BCUT2D eigenvalue weighted by Crippen LogP contribution is 2.39. The van der Waals surface area contributed by atoms with Crippen LogP contribution in [0.2, 0.25) is 10.0 Å². The number of hydrazone groups is 1. The van der Waals surface area contributed by atoms with E-state index in [1.807, 2.05) is 60.7 Å². The number of aliphatic hydroxyl groups excluding tert-OH is 1. The first-order valence-electron chi connectivity index (χ1n) is 13.2. The summed E-state index contributed by atoms with van der Waals surface area (Å²) in [4.78, 5) is 12.5. The van der Waals surface area contributed by atoms with Crippen molar-refractivity contribution < 1.29 is 24.5 Å². The first-order valence-corrected chi connectivity index (χ1v) is 13.9. The summed E-state index contributed by atoms with van der Waals surface area (Å²) in [7, 11) is 1.56. The molecule has 1 unspecified atom stereocenters. The summed E-state index contributed by atoms with van der Waals surface area (Å²) in [6, 6.07) is 24.9. The molecule has 0 saturated carbocycles. The number of rotatable bonds is 13. The second-order valence-corrected chi connectivity index (χ2v) is 10.2. The van der Waals surface area contributed by atoms with Gasteiger partial charge in [-0.2, -0.15) is 5.10 Å². The third kappa shape index (κ3) is 8.47. The molecule has 0 aliphatic carbocycles. The fourth-order valence-electron chi connectivity index (χ4n) is 4.23. The van der Waals surface area contributed by atoms with Crippen LogP contribution in [0.5, 0.6) is 17.2 Å². The van der Waals surface area contributed by atoms with E-state index in [9.17, 15) is 15.0 Å². The maximum atomic E-state index is 12.5. The number of ether oxygens (including phenoxy) is 2. The Morgan fingerprint density at radius 3 is 2.48 bits per heavy atom. The molecule has 0 heterocycles. The van der Waals surface area contributed by atoms with Gasteiger partial charge < -0.3 is 25.0 Å². The summed E-state index contributed by atoms with van der Waals surface area (Å²) in [5.74, 6) is 0.465. The lowest BCUT2D eigenvalue weighted by Gasteiger charge is -2.19. The number of nitrogens with zero attached hydrogens (tertiary/aromatic N) is 1. The maximum Gasteiger partial charge on any atom is 0.271 e. The number of hydrogen-bond donors (Lipinski definition) is 4. The second-order valence-electron chi connectivity index (χ2n) is 9.34. The number of hydrogen-bond acceptors (Lipinski definition) is 7.